The van der Waals surface area contributed by atoms with Gasteiger partial charge in [-0.25, -0.2) is 4.98 Å². The lowest BCUT2D eigenvalue weighted by atomic mass is 10.2. The van der Waals surface area contributed by atoms with E-state index in [-0.39, 0.29) is 36.7 Å². The first-order valence-electron chi connectivity index (χ1n) is 9.08. The Kier molecular flexibility index (Phi) is 5.30. The molecule has 29 heavy (non-hydrogen) atoms. The molecule has 9 heteroatoms. The SMILES string of the molecule is COCCNC(=O)c1nc(C(=O)NCc2ccc3c(c2)OCO3)c2ccccn12. The van der Waals surface area contributed by atoms with Gasteiger partial charge in [-0.2, -0.15) is 0 Å². The van der Waals surface area contributed by atoms with E-state index in [0.29, 0.717) is 30.2 Å². The zero-order valence-electron chi connectivity index (χ0n) is 15.8. The highest BCUT2D eigenvalue weighted by Crippen LogP contribution is 2.32. The molecule has 0 unspecified atom stereocenters. The molecule has 1 aliphatic heterocycles. The van der Waals surface area contributed by atoms with Gasteiger partial charge < -0.3 is 24.8 Å². The number of imidazole rings is 1. The summed E-state index contributed by atoms with van der Waals surface area (Å²) in [6, 6.07) is 10.8. The number of hydrogen-bond acceptors (Lipinski definition) is 6. The van der Waals surface area contributed by atoms with E-state index in [0.717, 1.165) is 5.56 Å². The Hall–Kier alpha value is -3.59. The predicted molar refractivity (Wildman–Crippen MR) is 103 cm³/mol. The van der Waals surface area contributed by atoms with Crippen LogP contribution in [0, 0.1) is 0 Å². The molecule has 1 aliphatic rings. The van der Waals surface area contributed by atoms with Crippen molar-refractivity contribution in [2.45, 2.75) is 6.54 Å². The summed E-state index contributed by atoms with van der Waals surface area (Å²) < 4.78 is 17.2. The normalized spacial score (nSPS) is 12.2. The molecular formula is C20H20N4O5. The van der Waals surface area contributed by atoms with Gasteiger partial charge in [0.15, 0.2) is 17.2 Å². The summed E-state index contributed by atoms with van der Waals surface area (Å²) >= 11 is 0. The molecule has 1 aromatic carbocycles. The van der Waals surface area contributed by atoms with Crippen LogP contribution < -0.4 is 20.1 Å². The van der Waals surface area contributed by atoms with Crippen LogP contribution in [0.1, 0.15) is 26.7 Å². The minimum Gasteiger partial charge on any atom is -0.454 e. The molecule has 3 heterocycles. The van der Waals surface area contributed by atoms with E-state index in [4.69, 9.17) is 14.2 Å². The molecule has 3 aromatic rings. The maximum Gasteiger partial charge on any atom is 0.287 e. The number of rotatable bonds is 7. The first kappa shape index (κ1) is 18.8. The summed E-state index contributed by atoms with van der Waals surface area (Å²) in [5, 5.41) is 5.56. The van der Waals surface area contributed by atoms with E-state index in [2.05, 4.69) is 15.6 Å². The molecule has 2 N–H and O–H groups in total. The summed E-state index contributed by atoms with van der Waals surface area (Å²) in [6.07, 6.45) is 1.70. The minimum atomic E-state index is -0.377. The maximum absolute atomic E-state index is 12.8. The number of hydrogen-bond donors (Lipinski definition) is 2. The van der Waals surface area contributed by atoms with E-state index in [1.807, 2.05) is 12.1 Å². The monoisotopic (exact) mass is 396 g/mol. The quantitative estimate of drug-likeness (QED) is 0.585. The van der Waals surface area contributed by atoms with E-state index >= 15 is 0 Å². The second kappa shape index (κ2) is 8.19. The lowest BCUT2D eigenvalue weighted by Crippen LogP contribution is -2.29. The Morgan fingerprint density at radius 1 is 1.14 bits per heavy atom. The van der Waals surface area contributed by atoms with E-state index in [9.17, 15) is 9.59 Å². The molecular weight excluding hydrogens is 376 g/mol. The second-order valence-corrected chi connectivity index (χ2v) is 6.36. The van der Waals surface area contributed by atoms with Crippen molar-refractivity contribution in [2.24, 2.45) is 0 Å². The van der Waals surface area contributed by atoms with Gasteiger partial charge in [-0.15, -0.1) is 0 Å². The Morgan fingerprint density at radius 3 is 2.86 bits per heavy atom. The molecule has 9 nitrogen and oxygen atoms in total. The van der Waals surface area contributed by atoms with Gasteiger partial charge in [0, 0.05) is 26.4 Å². The van der Waals surface area contributed by atoms with Crippen LogP contribution in [0.3, 0.4) is 0 Å². The van der Waals surface area contributed by atoms with Gasteiger partial charge in [-0.1, -0.05) is 12.1 Å². The van der Waals surface area contributed by atoms with Crippen molar-refractivity contribution in [3.05, 3.63) is 59.7 Å². The molecule has 0 radical (unpaired) electrons. The highest BCUT2D eigenvalue weighted by Gasteiger charge is 2.21. The first-order chi connectivity index (χ1) is 14.2. The largest absolute Gasteiger partial charge is 0.454 e. The summed E-state index contributed by atoms with van der Waals surface area (Å²) in [5.74, 6) is 0.730. The molecule has 0 atom stereocenters. The zero-order valence-corrected chi connectivity index (χ0v) is 15.8. The van der Waals surface area contributed by atoms with Gasteiger partial charge in [0.1, 0.15) is 0 Å². The fourth-order valence-electron chi connectivity index (χ4n) is 3.03. The summed E-state index contributed by atoms with van der Waals surface area (Å²) in [6.45, 7) is 1.22. The van der Waals surface area contributed by atoms with Gasteiger partial charge in [0.25, 0.3) is 11.8 Å². The van der Waals surface area contributed by atoms with Crippen LogP contribution in [0.4, 0.5) is 0 Å². The van der Waals surface area contributed by atoms with Crippen LogP contribution in [0.15, 0.2) is 42.6 Å². The number of benzene rings is 1. The molecule has 0 aliphatic carbocycles. The third kappa shape index (κ3) is 3.85. The second-order valence-electron chi connectivity index (χ2n) is 6.36. The van der Waals surface area contributed by atoms with Crippen LogP contribution in [-0.2, 0) is 11.3 Å². The lowest BCUT2D eigenvalue weighted by molar-refractivity contribution is 0.0926. The van der Waals surface area contributed by atoms with E-state index in [1.54, 1.807) is 42.0 Å². The smallest absolute Gasteiger partial charge is 0.287 e. The van der Waals surface area contributed by atoms with Crippen LogP contribution in [0.2, 0.25) is 0 Å². The summed E-state index contributed by atoms with van der Waals surface area (Å²) in [7, 11) is 1.56. The number of methoxy groups -OCH3 is 1. The van der Waals surface area contributed by atoms with Crippen molar-refractivity contribution in [3.8, 4) is 11.5 Å². The average molecular weight is 396 g/mol. The number of aromatic nitrogens is 2. The molecule has 0 spiro atoms. The van der Waals surface area contributed by atoms with Gasteiger partial charge in [0.05, 0.1) is 12.1 Å². The molecule has 2 aromatic heterocycles. The fraction of sp³-hybridized carbons (Fsp3) is 0.250. The third-order valence-corrected chi connectivity index (χ3v) is 4.45. The van der Waals surface area contributed by atoms with Crippen LogP contribution >= 0.6 is 0 Å². The Morgan fingerprint density at radius 2 is 2.00 bits per heavy atom. The van der Waals surface area contributed by atoms with Gasteiger partial charge >= 0.3 is 0 Å². The van der Waals surface area contributed by atoms with Crippen LogP contribution in [0.25, 0.3) is 5.52 Å². The summed E-state index contributed by atoms with van der Waals surface area (Å²) in [5.41, 5.74) is 1.60. The number of pyridine rings is 1. The topological polar surface area (TPSA) is 103 Å². The van der Waals surface area contributed by atoms with Crippen LogP contribution in [0.5, 0.6) is 11.5 Å². The number of carbonyl (C=O) groups excluding carboxylic acids is 2. The predicted octanol–water partition coefficient (Wildman–Crippen LogP) is 1.37. The van der Waals surface area contributed by atoms with Gasteiger partial charge in [-0.05, 0) is 29.8 Å². The van der Waals surface area contributed by atoms with E-state index in [1.165, 1.54) is 0 Å². The molecule has 150 valence electrons. The molecule has 0 saturated carbocycles. The third-order valence-electron chi connectivity index (χ3n) is 4.45. The number of fused-ring (bicyclic) bond motifs is 2. The molecule has 0 saturated heterocycles. The average Bonchev–Trinajstić information content (AvgIpc) is 3.36. The minimum absolute atomic E-state index is 0.143. The summed E-state index contributed by atoms with van der Waals surface area (Å²) in [4.78, 5) is 29.5. The number of nitrogens with zero attached hydrogens (tertiary/aromatic N) is 2. The fourth-order valence-corrected chi connectivity index (χ4v) is 3.03. The van der Waals surface area contributed by atoms with Gasteiger partial charge in [0.2, 0.25) is 12.6 Å². The Bertz CT molecular complexity index is 1060. The Balaban J connectivity index is 1.52. The van der Waals surface area contributed by atoms with Crippen molar-refractivity contribution >= 4 is 17.3 Å². The lowest BCUT2D eigenvalue weighted by Gasteiger charge is -2.05. The zero-order chi connectivity index (χ0) is 20.2. The number of ether oxygens (including phenoxy) is 3. The highest BCUT2D eigenvalue weighted by molar-refractivity contribution is 6.02. The Labute approximate surface area is 166 Å². The molecule has 2 amide bonds. The van der Waals surface area contributed by atoms with Crippen molar-refractivity contribution in [3.63, 3.8) is 0 Å². The number of nitrogens with one attached hydrogen (secondary N) is 2. The van der Waals surface area contributed by atoms with Crippen molar-refractivity contribution < 1.29 is 23.8 Å². The molecule has 0 bridgehead atoms. The highest BCUT2D eigenvalue weighted by atomic mass is 16.7. The number of amides is 2. The van der Waals surface area contributed by atoms with E-state index < -0.39 is 0 Å². The molecule has 0 fully saturated rings. The standard InChI is InChI=1S/C20H20N4O5/c1-27-9-7-21-20(26)18-23-17(14-4-2-3-8-24(14)18)19(25)22-11-13-5-6-15-16(10-13)29-12-28-15/h2-6,8,10H,7,9,11-12H2,1H3,(H,21,26)(H,22,25). The maximum atomic E-state index is 12.8. The number of carbonyl (C=O) groups is 2. The molecule has 4 rings (SSSR count). The van der Waals surface area contributed by atoms with Crippen molar-refractivity contribution in [1.29, 1.82) is 0 Å². The first-order valence-corrected chi connectivity index (χ1v) is 9.08. The van der Waals surface area contributed by atoms with Crippen molar-refractivity contribution in [2.75, 3.05) is 27.1 Å². The van der Waals surface area contributed by atoms with Gasteiger partial charge in [-0.3, -0.25) is 14.0 Å². The van der Waals surface area contributed by atoms with Crippen molar-refractivity contribution in [1.82, 2.24) is 20.0 Å². The van der Waals surface area contributed by atoms with Crippen LogP contribution in [-0.4, -0.2) is 48.3 Å².